The summed E-state index contributed by atoms with van der Waals surface area (Å²) in [6.07, 6.45) is 3.65. The summed E-state index contributed by atoms with van der Waals surface area (Å²) in [5, 5.41) is 3.68. The highest BCUT2D eigenvalue weighted by molar-refractivity contribution is 5.45. The largest absolute Gasteiger partial charge is 0.382 e. The van der Waals surface area contributed by atoms with E-state index in [0.29, 0.717) is 6.04 Å². The molecule has 1 aromatic carbocycles. The third-order valence-electron chi connectivity index (χ3n) is 3.94. The topological polar surface area (TPSA) is 15.3 Å². The first kappa shape index (κ1) is 14.4. The summed E-state index contributed by atoms with van der Waals surface area (Å²) in [6.45, 7) is 10.5. The number of rotatable bonds is 5. The highest BCUT2D eigenvalue weighted by Crippen LogP contribution is 2.18. The Kier molecular flexibility index (Phi) is 5.26. The predicted octanol–water partition coefficient (Wildman–Crippen LogP) is 3.78. The molecule has 0 unspecified atom stereocenters. The maximum atomic E-state index is 3.68. The number of piperidine rings is 1. The Morgan fingerprint density at radius 1 is 1.16 bits per heavy atom. The SMILES string of the molecule is CCc1ccc(NC2CCN(CC(C)C)CC2)cc1. The van der Waals surface area contributed by atoms with Gasteiger partial charge in [0, 0.05) is 31.4 Å². The predicted molar refractivity (Wildman–Crippen MR) is 83.7 cm³/mol. The van der Waals surface area contributed by atoms with Crippen LogP contribution < -0.4 is 5.32 Å². The fourth-order valence-corrected chi connectivity index (χ4v) is 2.85. The van der Waals surface area contributed by atoms with Gasteiger partial charge in [-0.3, -0.25) is 0 Å². The van der Waals surface area contributed by atoms with E-state index in [0.717, 1.165) is 12.3 Å². The molecule has 19 heavy (non-hydrogen) atoms. The van der Waals surface area contributed by atoms with Crippen LogP contribution in [0.1, 0.15) is 39.2 Å². The van der Waals surface area contributed by atoms with E-state index in [1.54, 1.807) is 0 Å². The Balaban J connectivity index is 1.78. The average molecular weight is 260 g/mol. The molecule has 1 aromatic rings. The summed E-state index contributed by atoms with van der Waals surface area (Å²) in [5.41, 5.74) is 2.69. The standard InChI is InChI=1S/C17H28N2/c1-4-15-5-7-16(8-6-15)18-17-9-11-19(12-10-17)13-14(2)3/h5-8,14,17-18H,4,9-13H2,1-3H3. The Hall–Kier alpha value is -1.02. The van der Waals surface area contributed by atoms with Crippen molar-refractivity contribution in [3.8, 4) is 0 Å². The molecule has 1 saturated heterocycles. The molecule has 1 aliphatic rings. The van der Waals surface area contributed by atoms with Crippen LogP contribution in [0.5, 0.6) is 0 Å². The zero-order valence-corrected chi connectivity index (χ0v) is 12.7. The van der Waals surface area contributed by atoms with Gasteiger partial charge in [0.25, 0.3) is 0 Å². The van der Waals surface area contributed by atoms with E-state index in [2.05, 4.69) is 55.3 Å². The van der Waals surface area contributed by atoms with Gasteiger partial charge in [-0.2, -0.15) is 0 Å². The van der Waals surface area contributed by atoms with E-state index < -0.39 is 0 Å². The lowest BCUT2D eigenvalue weighted by molar-refractivity contribution is 0.198. The molecular formula is C17H28N2. The normalized spacial score (nSPS) is 17.9. The molecule has 0 spiro atoms. The van der Waals surface area contributed by atoms with Gasteiger partial charge in [0.15, 0.2) is 0 Å². The summed E-state index contributed by atoms with van der Waals surface area (Å²) in [4.78, 5) is 2.60. The molecule has 0 amide bonds. The minimum Gasteiger partial charge on any atom is -0.382 e. The lowest BCUT2D eigenvalue weighted by Crippen LogP contribution is -2.40. The van der Waals surface area contributed by atoms with Crippen molar-refractivity contribution < 1.29 is 0 Å². The number of anilines is 1. The van der Waals surface area contributed by atoms with Crippen molar-refractivity contribution in [1.29, 1.82) is 0 Å². The number of aryl methyl sites for hydroxylation is 1. The van der Waals surface area contributed by atoms with E-state index in [4.69, 9.17) is 0 Å². The van der Waals surface area contributed by atoms with Crippen molar-refractivity contribution in [3.63, 3.8) is 0 Å². The van der Waals surface area contributed by atoms with Crippen LogP contribution in [0, 0.1) is 5.92 Å². The van der Waals surface area contributed by atoms with E-state index in [-0.39, 0.29) is 0 Å². The van der Waals surface area contributed by atoms with Gasteiger partial charge in [0.1, 0.15) is 0 Å². The van der Waals surface area contributed by atoms with Gasteiger partial charge < -0.3 is 10.2 Å². The maximum Gasteiger partial charge on any atom is 0.0342 e. The Morgan fingerprint density at radius 3 is 2.32 bits per heavy atom. The lowest BCUT2D eigenvalue weighted by atomic mass is 10.0. The quantitative estimate of drug-likeness (QED) is 0.866. The number of hydrogen-bond donors (Lipinski definition) is 1. The Bertz CT molecular complexity index is 361. The van der Waals surface area contributed by atoms with Crippen LogP contribution in [0.3, 0.4) is 0 Å². The minimum atomic E-state index is 0.649. The van der Waals surface area contributed by atoms with Gasteiger partial charge in [0.05, 0.1) is 0 Å². The highest BCUT2D eigenvalue weighted by atomic mass is 15.1. The van der Waals surface area contributed by atoms with Crippen LogP contribution in [0.25, 0.3) is 0 Å². The van der Waals surface area contributed by atoms with E-state index >= 15 is 0 Å². The molecule has 0 atom stereocenters. The van der Waals surface area contributed by atoms with Crippen LogP contribution in [-0.4, -0.2) is 30.6 Å². The van der Waals surface area contributed by atoms with Gasteiger partial charge in [0.2, 0.25) is 0 Å². The summed E-state index contributed by atoms with van der Waals surface area (Å²) in [7, 11) is 0. The summed E-state index contributed by atoms with van der Waals surface area (Å²) in [6, 6.07) is 9.56. The van der Waals surface area contributed by atoms with E-state index in [9.17, 15) is 0 Å². The minimum absolute atomic E-state index is 0.649. The second kappa shape index (κ2) is 6.95. The highest BCUT2D eigenvalue weighted by Gasteiger charge is 2.19. The molecule has 0 aliphatic carbocycles. The monoisotopic (exact) mass is 260 g/mol. The van der Waals surface area contributed by atoms with Gasteiger partial charge in [-0.15, -0.1) is 0 Å². The van der Waals surface area contributed by atoms with Gasteiger partial charge in [-0.1, -0.05) is 32.9 Å². The van der Waals surface area contributed by atoms with E-state index in [1.165, 1.54) is 43.7 Å². The number of hydrogen-bond acceptors (Lipinski definition) is 2. The summed E-state index contributed by atoms with van der Waals surface area (Å²) >= 11 is 0. The van der Waals surface area contributed by atoms with Crippen molar-refractivity contribution >= 4 is 5.69 Å². The second-order valence-corrected chi connectivity index (χ2v) is 6.16. The van der Waals surface area contributed by atoms with Crippen LogP contribution in [0.4, 0.5) is 5.69 Å². The molecule has 2 rings (SSSR count). The van der Waals surface area contributed by atoms with Gasteiger partial charge in [-0.25, -0.2) is 0 Å². The third-order valence-corrected chi connectivity index (χ3v) is 3.94. The number of nitrogens with zero attached hydrogens (tertiary/aromatic N) is 1. The first-order chi connectivity index (χ1) is 9.17. The zero-order chi connectivity index (χ0) is 13.7. The van der Waals surface area contributed by atoms with Crippen molar-refractivity contribution in [3.05, 3.63) is 29.8 Å². The molecule has 1 N–H and O–H groups in total. The van der Waals surface area contributed by atoms with Crippen LogP contribution in [0.15, 0.2) is 24.3 Å². The smallest absolute Gasteiger partial charge is 0.0342 e. The molecule has 2 nitrogen and oxygen atoms in total. The molecule has 0 aromatic heterocycles. The van der Waals surface area contributed by atoms with Crippen LogP contribution in [-0.2, 0) is 6.42 Å². The second-order valence-electron chi connectivity index (χ2n) is 6.16. The fourth-order valence-electron chi connectivity index (χ4n) is 2.85. The van der Waals surface area contributed by atoms with Gasteiger partial charge >= 0.3 is 0 Å². The van der Waals surface area contributed by atoms with Crippen LogP contribution >= 0.6 is 0 Å². The number of benzene rings is 1. The third kappa shape index (κ3) is 4.54. The van der Waals surface area contributed by atoms with Crippen molar-refractivity contribution in [2.24, 2.45) is 5.92 Å². The number of likely N-dealkylation sites (tertiary alicyclic amines) is 1. The lowest BCUT2D eigenvalue weighted by Gasteiger charge is -2.33. The Morgan fingerprint density at radius 2 is 1.79 bits per heavy atom. The molecule has 1 heterocycles. The molecule has 0 radical (unpaired) electrons. The van der Waals surface area contributed by atoms with Crippen molar-refractivity contribution in [1.82, 2.24) is 4.90 Å². The summed E-state index contributed by atoms with van der Waals surface area (Å²) in [5.74, 6) is 0.783. The first-order valence-corrected chi connectivity index (χ1v) is 7.75. The fraction of sp³-hybridized carbons (Fsp3) is 0.647. The first-order valence-electron chi connectivity index (χ1n) is 7.75. The van der Waals surface area contributed by atoms with Crippen molar-refractivity contribution in [2.45, 2.75) is 46.1 Å². The molecule has 1 aliphatic heterocycles. The van der Waals surface area contributed by atoms with Crippen molar-refractivity contribution in [2.75, 3.05) is 25.0 Å². The molecular weight excluding hydrogens is 232 g/mol. The molecule has 2 heteroatoms. The Labute approximate surface area is 118 Å². The van der Waals surface area contributed by atoms with E-state index in [1.807, 2.05) is 0 Å². The zero-order valence-electron chi connectivity index (χ0n) is 12.7. The molecule has 0 saturated carbocycles. The molecule has 1 fully saturated rings. The van der Waals surface area contributed by atoms with Gasteiger partial charge in [-0.05, 0) is 42.9 Å². The maximum absolute atomic E-state index is 3.68. The average Bonchev–Trinajstić information content (AvgIpc) is 2.41. The number of nitrogens with one attached hydrogen (secondary N) is 1. The van der Waals surface area contributed by atoms with Crippen LogP contribution in [0.2, 0.25) is 0 Å². The summed E-state index contributed by atoms with van der Waals surface area (Å²) < 4.78 is 0. The molecule has 106 valence electrons. The molecule has 0 bridgehead atoms.